The van der Waals surface area contributed by atoms with E-state index in [1.54, 1.807) is 18.6 Å². The van der Waals surface area contributed by atoms with Gasteiger partial charge >= 0.3 is 0 Å². The van der Waals surface area contributed by atoms with Gasteiger partial charge in [0.05, 0.1) is 50.2 Å². The van der Waals surface area contributed by atoms with Gasteiger partial charge in [-0.2, -0.15) is 0 Å². The van der Waals surface area contributed by atoms with Gasteiger partial charge in [0.2, 0.25) is 5.95 Å². The molecule has 0 aliphatic heterocycles. The Kier molecular flexibility index (Phi) is 7.60. The normalized spacial score (nSPS) is 11.7. The lowest BCUT2D eigenvalue weighted by Crippen LogP contribution is -2.05. The Morgan fingerprint density at radius 2 is 0.983 bits per heavy atom. The molecular weight excluding hydrogens is 741 g/mol. The van der Waals surface area contributed by atoms with Crippen LogP contribution in [0.3, 0.4) is 0 Å². The molecule has 12 aromatic rings. The lowest BCUT2D eigenvalue weighted by molar-refractivity contribution is 0.986. The van der Waals surface area contributed by atoms with Crippen LogP contribution in [0.5, 0.6) is 0 Å². The second-order valence-corrected chi connectivity index (χ2v) is 14.5. The van der Waals surface area contributed by atoms with Crippen LogP contribution in [0.15, 0.2) is 183 Å². The second kappa shape index (κ2) is 13.6. The standard InChI is InChI=1S/C50H30N10/c1-3-12-31(13-4-1)40-29-41(32-14-5-2-6-15-32)56-49(55-40)48-52-27-24-45(58-48)59-43-19-9-7-16-34(43)36-21-22-37-35-17-8-10-20-44(35)60(47(37)46(36)59)50-53-26-23-38(57-50)33-28-42-39(54-30-33)18-11-25-51-42/h1-30H. The lowest BCUT2D eigenvalue weighted by Gasteiger charge is -2.12. The molecule has 0 aliphatic carbocycles. The van der Waals surface area contributed by atoms with Crippen LogP contribution < -0.4 is 0 Å². The molecular formula is C50H30N10. The van der Waals surface area contributed by atoms with E-state index < -0.39 is 0 Å². The van der Waals surface area contributed by atoms with E-state index in [-0.39, 0.29) is 0 Å². The molecule has 0 saturated heterocycles. The fraction of sp³-hybridized carbons (Fsp3) is 0. The zero-order valence-corrected chi connectivity index (χ0v) is 31.8. The molecule has 10 heteroatoms. The van der Waals surface area contributed by atoms with Crippen molar-refractivity contribution in [1.29, 1.82) is 0 Å². The van der Waals surface area contributed by atoms with Crippen molar-refractivity contribution in [2.24, 2.45) is 0 Å². The maximum Gasteiger partial charge on any atom is 0.235 e. The molecule has 0 fully saturated rings. The molecule has 12 rings (SSSR count). The maximum absolute atomic E-state index is 5.27. The third-order valence-corrected chi connectivity index (χ3v) is 11.0. The van der Waals surface area contributed by atoms with Crippen molar-refractivity contribution in [2.45, 2.75) is 0 Å². The fourth-order valence-corrected chi connectivity index (χ4v) is 8.30. The van der Waals surface area contributed by atoms with E-state index >= 15 is 0 Å². The summed E-state index contributed by atoms with van der Waals surface area (Å²) in [5.41, 5.74) is 10.6. The van der Waals surface area contributed by atoms with Gasteiger partial charge in [0.15, 0.2) is 11.6 Å². The molecule has 0 amide bonds. The SMILES string of the molecule is c1ccc(-c2cc(-c3ccccc3)nc(-c3nccc(-n4c5ccccc5c5ccc6c7ccccc7n(-c7nccc(-c8cnc9cccnc9c8)n7)c6c54)n3)n2)cc1. The number of nitrogens with zero attached hydrogens (tertiary/aromatic N) is 10. The first-order valence-corrected chi connectivity index (χ1v) is 19.6. The maximum atomic E-state index is 5.27. The number of aromatic nitrogens is 10. The number of fused-ring (bicyclic) bond motifs is 8. The van der Waals surface area contributed by atoms with Crippen molar-refractivity contribution >= 4 is 54.6 Å². The predicted molar refractivity (Wildman–Crippen MR) is 237 cm³/mol. The molecule has 0 saturated carbocycles. The second-order valence-electron chi connectivity index (χ2n) is 14.5. The molecule has 10 nitrogen and oxygen atoms in total. The van der Waals surface area contributed by atoms with Crippen molar-refractivity contribution in [3.63, 3.8) is 0 Å². The first kappa shape index (κ1) is 33.6. The third kappa shape index (κ3) is 5.43. The molecule has 0 N–H and O–H groups in total. The largest absolute Gasteiger partial charge is 0.292 e. The van der Waals surface area contributed by atoms with Gasteiger partial charge in [-0.3, -0.25) is 19.1 Å². The minimum Gasteiger partial charge on any atom is -0.292 e. The third-order valence-electron chi connectivity index (χ3n) is 11.0. The van der Waals surface area contributed by atoms with E-state index in [2.05, 4.69) is 104 Å². The monoisotopic (exact) mass is 770 g/mol. The van der Waals surface area contributed by atoms with Gasteiger partial charge in [0, 0.05) is 63.0 Å². The van der Waals surface area contributed by atoms with Gasteiger partial charge in [0.25, 0.3) is 0 Å². The van der Waals surface area contributed by atoms with Gasteiger partial charge in [-0.05, 0) is 48.5 Å². The van der Waals surface area contributed by atoms with Crippen molar-refractivity contribution < 1.29 is 0 Å². The number of pyridine rings is 2. The summed E-state index contributed by atoms with van der Waals surface area (Å²) in [4.78, 5) is 39.5. The quantitative estimate of drug-likeness (QED) is 0.164. The Labute approximate surface area is 342 Å². The summed E-state index contributed by atoms with van der Waals surface area (Å²) in [6, 6.07) is 53.2. The number of hydrogen-bond donors (Lipinski definition) is 0. The van der Waals surface area contributed by atoms with Crippen LogP contribution in [0, 0.1) is 0 Å². The Hall–Kier alpha value is -8.50. The van der Waals surface area contributed by atoms with Crippen molar-refractivity contribution in [1.82, 2.24) is 49.0 Å². The highest BCUT2D eigenvalue weighted by molar-refractivity contribution is 6.23. The smallest absolute Gasteiger partial charge is 0.235 e. The van der Waals surface area contributed by atoms with Gasteiger partial charge in [0.1, 0.15) is 5.82 Å². The zero-order chi connectivity index (χ0) is 39.6. The van der Waals surface area contributed by atoms with Crippen LogP contribution in [-0.2, 0) is 0 Å². The van der Waals surface area contributed by atoms with E-state index in [9.17, 15) is 0 Å². The summed E-state index contributed by atoms with van der Waals surface area (Å²) in [6.45, 7) is 0. The minimum atomic E-state index is 0.413. The van der Waals surface area contributed by atoms with Gasteiger partial charge in [-0.25, -0.2) is 29.9 Å². The summed E-state index contributed by atoms with van der Waals surface area (Å²) in [5.74, 6) is 2.05. The van der Waals surface area contributed by atoms with Gasteiger partial charge in [-0.1, -0.05) is 109 Å². The summed E-state index contributed by atoms with van der Waals surface area (Å²) in [6.07, 6.45) is 7.21. The molecule has 7 aromatic heterocycles. The topological polar surface area (TPSA) is 113 Å². The average molecular weight is 771 g/mol. The van der Waals surface area contributed by atoms with E-state index in [0.29, 0.717) is 23.4 Å². The lowest BCUT2D eigenvalue weighted by atomic mass is 10.1. The molecule has 0 unspecified atom stereocenters. The minimum absolute atomic E-state index is 0.413. The van der Waals surface area contributed by atoms with Crippen LogP contribution in [0.2, 0.25) is 0 Å². The van der Waals surface area contributed by atoms with Crippen LogP contribution in [-0.4, -0.2) is 49.0 Å². The van der Waals surface area contributed by atoms with Crippen molar-refractivity contribution in [2.75, 3.05) is 0 Å². The predicted octanol–water partition coefficient (Wildman–Crippen LogP) is 10.9. The Bertz CT molecular complexity index is 3560. The van der Waals surface area contributed by atoms with Crippen molar-refractivity contribution in [3.8, 4) is 57.2 Å². The van der Waals surface area contributed by atoms with Crippen LogP contribution in [0.1, 0.15) is 0 Å². The molecule has 0 radical (unpaired) electrons. The zero-order valence-electron chi connectivity index (χ0n) is 31.8. The molecule has 7 heterocycles. The Morgan fingerprint density at radius 1 is 0.350 bits per heavy atom. The summed E-state index contributed by atoms with van der Waals surface area (Å²) < 4.78 is 4.38. The highest BCUT2D eigenvalue weighted by atomic mass is 15.2. The fourth-order valence-electron chi connectivity index (χ4n) is 8.30. The number of benzene rings is 5. The molecule has 0 aliphatic rings. The molecule has 60 heavy (non-hydrogen) atoms. The number of rotatable bonds is 6. The first-order chi connectivity index (χ1) is 29.7. The number of para-hydroxylation sites is 2. The molecule has 0 spiro atoms. The van der Waals surface area contributed by atoms with Crippen LogP contribution in [0.25, 0.3) is 112 Å². The Morgan fingerprint density at radius 3 is 1.70 bits per heavy atom. The van der Waals surface area contributed by atoms with Gasteiger partial charge in [-0.15, -0.1) is 0 Å². The summed E-state index contributed by atoms with van der Waals surface area (Å²) in [5, 5.41) is 4.30. The first-order valence-electron chi connectivity index (χ1n) is 19.6. The molecule has 5 aromatic carbocycles. The molecule has 280 valence electrons. The van der Waals surface area contributed by atoms with Crippen LogP contribution in [0.4, 0.5) is 0 Å². The van der Waals surface area contributed by atoms with E-state index in [1.165, 1.54) is 0 Å². The van der Waals surface area contributed by atoms with Gasteiger partial charge < -0.3 is 0 Å². The van der Waals surface area contributed by atoms with Crippen molar-refractivity contribution in [3.05, 3.63) is 183 Å². The summed E-state index contributed by atoms with van der Waals surface area (Å²) in [7, 11) is 0. The number of hydrogen-bond acceptors (Lipinski definition) is 8. The average Bonchev–Trinajstić information content (AvgIpc) is 3.85. The van der Waals surface area contributed by atoms with E-state index in [4.69, 9.17) is 29.9 Å². The van der Waals surface area contributed by atoms with E-state index in [0.717, 1.165) is 88.4 Å². The van der Waals surface area contributed by atoms with Crippen LogP contribution >= 0.6 is 0 Å². The van der Waals surface area contributed by atoms with E-state index in [1.807, 2.05) is 79.0 Å². The molecule has 0 bridgehead atoms. The summed E-state index contributed by atoms with van der Waals surface area (Å²) >= 11 is 0. The Balaban J connectivity index is 1.11. The highest BCUT2D eigenvalue weighted by Crippen LogP contribution is 2.41. The molecule has 0 atom stereocenters. The highest BCUT2D eigenvalue weighted by Gasteiger charge is 2.23.